The molecule has 0 saturated heterocycles. The summed E-state index contributed by atoms with van der Waals surface area (Å²) in [4.78, 5) is 31.7. The highest BCUT2D eigenvalue weighted by atomic mass is 19.4. The Hall–Kier alpha value is -2.82. The highest BCUT2D eigenvalue weighted by molar-refractivity contribution is 5.91. The van der Waals surface area contributed by atoms with Crippen molar-refractivity contribution in [2.75, 3.05) is 6.54 Å². The van der Waals surface area contributed by atoms with E-state index in [1.165, 1.54) is 6.07 Å². The number of hydrogen-bond acceptors (Lipinski definition) is 5. The molecule has 0 aliphatic carbocycles. The third kappa shape index (κ3) is 9.79. The van der Waals surface area contributed by atoms with E-state index in [9.17, 15) is 27.9 Å². The maximum atomic E-state index is 11.8. The first-order chi connectivity index (χ1) is 13.4. The third-order valence-corrected chi connectivity index (χ3v) is 3.80. The molecule has 0 aliphatic heterocycles. The summed E-state index contributed by atoms with van der Waals surface area (Å²) >= 11 is 0. The number of carbonyl (C=O) groups is 3. The number of rotatable bonds is 9. The van der Waals surface area contributed by atoms with Gasteiger partial charge in [-0.3, -0.25) is 4.79 Å². The highest BCUT2D eigenvalue weighted by Crippen LogP contribution is 2.26. The molecule has 1 rings (SSSR count). The topological polar surface area (TPSA) is 150 Å². The summed E-state index contributed by atoms with van der Waals surface area (Å²) in [6.07, 6.45) is -1.46. The quantitative estimate of drug-likeness (QED) is 0.384. The zero-order valence-corrected chi connectivity index (χ0v) is 15.9. The van der Waals surface area contributed by atoms with Crippen molar-refractivity contribution in [2.45, 2.75) is 51.7 Å². The van der Waals surface area contributed by atoms with Gasteiger partial charge in [-0.2, -0.15) is 13.2 Å². The van der Waals surface area contributed by atoms with Crippen LogP contribution in [0.3, 0.4) is 0 Å². The molecule has 0 heterocycles. The number of aliphatic carboxylic acids is 1. The van der Waals surface area contributed by atoms with E-state index >= 15 is 0 Å². The van der Waals surface area contributed by atoms with Crippen LogP contribution in [-0.2, 0) is 22.6 Å². The first kappa shape index (κ1) is 26.2. The molecule has 0 atom stereocenters. The van der Waals surface area contributed by atoms with Gasteiger partial charge in [0, 0.05) is 18.5 Å². The van der Waals surface area contributed by atoms with Crippen LogP contribution in [0.1, 0.15) is 54.1 Å². The standard InChI is InChI=1S/C16H24N2O4.C2HF3O2/c1-2-11-7-8-12(16(21)22)15(20)13(11)10-18-14(19)6-4-3-5-9-17;3-2(4,5)1(6)7/h7-8,20H,2-6,9-10,17H2,1H3,(H,18,19)(H,21,22);(H,6,7). The Morgan fingerprint density at radius 3 is 2.14 bits per heavy atom. The number of alkyl halides is 3. The molecule has 0 unspecified atom stereocenters. The number of hydrogen-bond donors (Lipinski definition) is 5. The van der Waals surface area contributed by atoms with Crippen LogP contribution >= 0.6 is 0 Å². The number of aromatic carboxylic acids is 1. The second-order valence-electron chi connectivity index (χ2n) is 5.94. The smallest absolute Gasteiger partial charge is 0.490 e. The van der Waals surface area contributed by atoms with E-state index in [1.54, 1.807) is 6.07 Å². The predicted octanol–water partition coefficient (Wildman–Crippen LogP) is 2.42. The number of carboxylic acids is 2. The van der Waals surface area contributed by atoms with E-state index in [0.29, 0.717) is 24.9 Å². The van der Waals surface area contributed by atoms with Crippen molar-refractivity contribution in [3.8, 4) is 5.75 Å². The zero-order valence-electron chi connectivity index (χ0n) is 15.9. The Labute approximate surface area is 165 Å². The molecule has 0 spiro atoms. The monoisotopic (exact) mass is 422 g/mol. The molecule has 1 aromatic rings. The highest BCUT2D eigenvalue weighted by Gasteiger charge is 2.38. The van der Waals surface area contributed by atoms with Gasteiger partial charge in [-0.25, -0.2) is 9.59 Å². The Kier molecular flexibility index (Phi) is 11.4. The Bertz CT molecular complexity index is 708. The predicted molar refractivity (Wildman–Crippen MR) is 97.5 cm³/mol. The SMILES string of the molecule is CCc1ccc(C(=O)O)c(O)c1CNC(=O)CCCCCN.O=C(O)C(F)(F)F. The van der Waals surface area contributed by atoms with Gasteiger partial charge in [0.2, 0.25) is 5.91 Å². The van der Waals surface area contributed by atoms with Gasteiger partial charge in [0.25, 0.3) is 0 Å². The molecule has 11 heteroatoms. The van der Waals surface area contributed by atoms with Crippen LogP contribution in [0.4, 0.5) is 13.2 Å². The van der Waals surface area contributed by atoms with Crippen molar-refractivity contribution >= 4 is 17.8 Å². The maximum Gasteiger partial charge on any atom is 0.490 e. The van der Waals surface area contributed by atoms with E-state index in [1.807, 2.05) is 6.92 Å². The molecule has 0 fully saturated rings. The van der Waals surface area contributed by atoms with Gasteiger partial charge in [-0.05, 0) is 37.4 Å². The first-order valence-electron chi connectivity index (χ1n) is 8.79. The van der Waals surface area contributed by atoms with Crippen molar-refractivity contribution in [1.29, 1.82) is 0 Å². The summed E-state index contributed by atoms with van der Waals surface area (Å²) in [5, 5.41) is 29.0. The van der Waals surface area contributed by atoms with E-state index in [0.717, 1.165) is 24.8 Å². The summed E-state index contributed by atoms with van der Waals surface area (Å²) < 4.78 is 31.7. The molecule has 29 heavy (non-hydrogen) atoms. The molecule has 0 saturated carbocycles. The van der Waals surface area contributed by atoms with Crippen LogP contribution in [0.5, 0.6) is 5.75 Å². The number of nitrogens with one attached hydrogen (secondary N) is 1. The van der Waals surface area contributed by atoms with Gasteiger partial charge in [0.05, 0.1) is 0 Å². The summed E-state index contributed by atoms with van der Waals surface area (Å²) in [5.74, 6) is -4.32. The first-order valence-corrected chi connectivity index (χ1v) is 8.79. The lowest BCUT2D eigenvalue weighted by atomic mass is 10.00. The average Bonchev–Trinajstić information content (AvgIpc) is 2.63. The minimum Gasteiger partial charge on any atom is -0.507 e. The summed E-state index contributed by atoms with van der Waals surface area (Å²) in [7, 11) is 0. The number of nitrogens with two attached hydrogens (primary N) is 1. The van der Waals surface area contributed by atoms with Crippen molar-refractivity contribution in [2.24, 2.45) is 5.73 Å². The molecule has 8 nitrogen and oxygen atoms in total. The number of carboxylic acid groups (broad SMARTS) is 2. The molecule has 6 N–H and O–H groups in total. The summed E-state index contributed by atoms with van der Waals surface area (Å²) in [6.45, 7) is 2.66. The minimum absolute atomic E-state index is 0.112. The lowest BCUT2D eigenvalue weighted by Crippen LogP contribution is -2.23. The van der Waals surface area contributed by atoms with Gasteiger partial charge < -0.3 is 26.4 Å². The van der Waals surface area contributed by atoms with Crippen molar-refractivity contribution in [3.63, 3.8) is 0 Å². The molecule has 0 radical (unpaired) electrons. The van der Waals surface area contributed by atoms with Crippen LogP contribution in [0, 0.1) is 0 Å². The lowest BCUT2D eigenvalue weighted by Gasteiger charge is -2.13. The third-order valence-electron chi connectivity index (χ3n) is 3.80. The molecule has 0 aromatic heterocycles. The van der Waals surface area contributed by atoms with Gasteiger partial charge in [0.15, 0.2) is 0 Å². The average molecular weight is 422 g/mol. The van der Waals surface area contributed by atoms with Gasteiger partial charge in [0.1, 0.15) is 11.3 Å². The summed E-state index contributed by atoms with van der Waals surface area (Å²) in [5.41, 5.74) is 6.54. The fourth-order valence-corrected chi connectivity index (χ4v) is 2.26. The number of aromatic hydroxyl groups is 1. The Morgan fingerprint density at radius 1 is 1.10 bits per heavy atom. The van der Waals surface area contributed by atoms with Crippen molar-refractivity contribution in [3.05, 3.63) is 28.8 Å². The number of benzene rings is 1. The number of halogens is 3. The molecular formula is C18H25F3N2O6. The van der Waals surface area contributed by atoms with Crippen LogP contribution in [0.15, 0.2) is 12.1 Å². The van der Waals surface area contributed by atoms with Gasteiger partial charge >= 0.3 is 18.1 Å². The van der Waals surface area contributed by atoms with Gasteiger partial charge in [-0.1, -0.05) is 19.4 Å². The van der Waals surface area contributed by atoms with Crippen molar-refractivity contribution < 1.29 is 42.9 Å². The molecule has 1 aromatic carbocycles. The Balaban J connectivity index is 0.000000956. The number of carbonyl (C=O) groups excluding carboxylic acids is 1. The van der Waals surface area contributed by atoms with E-state index in [-0.39, 0.29) is 23.8 Å². The number of phenols is 1. The number of amides is 1. The zero-order chi connectivity index (χ0) is 22.6. The largest absolute Gasteiger partial charge is 0.507 e. The van der Waals surface area contributed by atoms with Gasteiger partial charge in [-0.15, -0.1) is 0 Å². The Morgan fingerprint density at radius 2 is 1.69 bits per heavy atom. The normalized spacial score (nSPS) is 10.7. The lowest BCUT2D eigenvalue weighted by molar-refractivity contribution is -0.192. The van der Waals surface area contributed by atoms with Crippen LogP contribution in [0.25, 0.3) is 0 Å². The van der Waals surface area contributed by atoms with Crippen LogP contribution in [0.2, 0.25) is 0 Å². The second kappa shape index (κ2) is 12.6. The maximum absolute atomic E-state index is 11.8. The van der Waals surface area contributed by atoms with Crippen molar-refractivity contribution in [1.82, 2.24) is 5.32 Å². The molecule has 0 aliphatic rings. The van der Waals surface area contributed by atoms with E-state index < -0.39 is 18.1 Å². The number of aryl methyl sites for hydroxylation is 1. The van der Waals surface area contributed by atoms with E-state index in [2.05, 4.69) is 5.32 Å². The fraction of sp³-hybridized carbons (Fsp3) is 0.500. The molecule has 0 bridgehead atoms. The fourth-order valence-electron chi connectivity index (χ4n) is 2.26. The van der Waals surface area contributed by atoms with E-state index in [4.69, 9.17) is 20.7 Å². The second-order valence-corrected chi connectivity index (χ2v) is 5.94. The molecular weight excluding hydrogens is 397 g/mol. The molecule has 1 amide bonds. The van der Waals surface area contributed by atoms with Crippen LogP contribution in [-0.4, -0.2) is 45.9 Å². The van der Waals surface area contributed by atoms with Crippen LogP contribution < -0.4 is 11.1 Å². The summed E-state index contributed by atoms with van der Waals surface area (Å²) in [6, 6.07) is 3.06. The number of unbranched alkanes of at least 4 members (excludes halogenated alkanes) is 2. The molecule has 164 valence electrons. The minimum atomic E-state index is -5.08.